The van der Waals surface area contributed by atoms with Crippen molar-refractivity contribution in [2.45, 2.75) is 13.5 Å². The third kappa shape index (κ3) is 2.29. The van der Waals surface area contributed by atoms with E-state index in [1.54, 1.807) is 14.2 Å². The van der Waals surface area contributed by atoms with Crippen LogP contribution in [0.3, 0.4) is 0 Å². The zero-order valence-corrected chi connectivity index (χ0v) is 11.7. The zero-order chi connectivity index (χ0) is 14.0. The lowest BCUT2D eigenvalue weighted by molar-refractivity contribution is 0.395. The normalized spacial score (nSPS) is 10.6. The van der Waals surface area contributed by atoms with Gasteiger partial charge in [-0.25, -0.2) is 0 Å². The van der Waals surface area contributed by atoms with Gasteiger partial charge in [0.05, 0.1) is 25.6 Å². The Labute approximate surface area is 112 Å². The number of nitrogens with two attached hydrogens (primary N) is 1. The van der Waals surface area contributed by atoms with Crippen LogP contribution in [0.25, 0.3) is 11.3 Å². The molecule has 2 aromatic rings. The Morgan fingerprint density at radius 3 is 2.53 bits per heavy atom. The minimum absolute atomic E-state index is 0.466. The summed E-state index contributed by atoms with van der Waals surface area (Å²) in [6.45, 7) is 2.49. The summed E-state index contributed by atoms with van der Waals surface area (Å²) in [5.41, 5.74) is 9.68. The molecule has 5 heteroatoms. The average molecular weight is 261 g/mol. The lowest BCUT2D eigenvalue weighted by Gasteiger charge is -2.09. The van der Waals surface area contributed by atoms with Gasteiger partial charge in [0.25, 0.3) is 0 Å². The molecule has 0 aliphatic heterocycles. The summed E-state index contributed by atoms with van der Waals surface area (Å²) in [6.07, 6.45) is 0. The zero-order valence-electron chi connectivity index (χ0n) is 11.7. The molecule has 0 amide bonds. The second kappa shape index (κ2) is 5.32. The number of benzene rings is 1. The Kier molecular flexibility index (Phi) is 3.76. The van der Waals surface area contributed by atoms with Crippen molar-refractivity contribution in [2.75, 3.05) is 14.2 Å². The van der Waals surface area contributed by atoms with E-state index in [2.05, 4.69) is 5.10 Å². The molecule has 1 aromatic carbocycles. The molecule has 102 valence electrons. The fourth-order valence-electron chi connectivity index (χ4n) is 2.20. The third-order valence-corrected chi connectivity index (χ3v) is 3.29. The van der Waals surface area contributed by atoms with Crippen molar-refractivity contribution in [3.63, 3.8) is 0 Å². The van der Waals surface area contributed by atoms with Gasteiger partial charge in [0.2, 0.25) is 0 Å². The highest BCUT2D eigenvalue weighted by atomic mass is 16.5. The maximum Gasteiger partial charge on any atom is 0.132 e. The molecule has 0 aliphatic rings. The number of hydrogen-bond donors (Lipinski definition) is 1. The number of ether oxygens (including phenoxy) is 2. The van der Waals surface area contributed by atoms with E-state index in [1.807, 2.05) is 36.9 Å². The van der Waals surface area contributed by atoms with Crippen molar-refractivity contribution in [2.24, 2.45) is 12.8 Å². The third-order valence-electron chi connectivity index (χ3n) is 3.29. The molecule has 0 saturated heterocycles. The summed E-state index contributed by atoms with van der Waals surface area (Å²) in [5, 5.41) is 4.53. The molecular weight excluding hydrogens is 242 g/mol. The Morgan fingerprint density at radius 1 is 1.26 bits per heavy atom. The van der Waals surface area contributed by atoms with Gasteiger partial charge in [0.15, 0.2) is 0 Å². The van der Waals surface area contributed by atoms with Crippen LogP contribution in [0.5, 0.6) is 11.5 Å². The first-order valence-corrected chi connectivity index (χ1v) is 6.07. The molecule has 0 unspecified atom stereocenters. The Morgan fingerprint density at radius 2 is 2.00 bits per heavy atom. The van der Waals surface area contributed by atoms with E-state index in [4.69, 9.17) is 15.2 Å². The van der Waals surface area contributed by atoms with Gasteiger partial charge in [0, 0.05) is 25.2 Å². The second-order valence-electron chi connectivity index (χ2n) is 4.31. The number of rotatable bonds is 4. The van der Waals surface area contributed by atoms with Gasteiger partial charge < -0.3 is 15.2 Å². The highest BCUT2D eigenvalue weighted by Gasteiger charge is 2.16. The van der Waals surface area contributed by atoms with E-state index >= 15 is 0 Å². The molecular formula is C14H19N3O2. The van der Waals surface area contributed by atoms with Crippen molar-refractivity contribution in [3.8, 4) is 22.8 Å². The molecule has 2 rings (SSSR count). The van der Waals surface area contributed by atoms with Gasteiger partial charge in [-0.05, 0) is 24.6 Å². The van der Waals surface area contributed by atoms with Crippen LogP contribution in [0.4, 0.5) is 0 Å². The molecule has 0 saturated carbocycles. The van der Waals surface area contributed by atoms with Gasteiger partial charge >= 0.3 is 0 Å². The summed E-state index contributed by atoms with van der Waals surface area (Å²) in [4.78, 5) is 0. The number of nitrogens with zero attached hydrogens (tertiary/aromatic N) is 2. The van der Waals surface area contributed by atoms with Crippen molar-refractivity contribution < 1.29 is 9.47 Å². The summed E-state index contributed by atoms with van der Waals surface area (Å²) >= 11 is 0. The maximum absolute atomic E-state index is 5.75. The predicted molar refractivity (Wildman–Crippen MR) is 74.4 cm³/mol. The molecule has 0 bridgehead atoms. The quantitative estimate of drug-likeness (QED) is 0.912. The summed E-state index contributed by atoms with van der Waals surface area (Å²) in [5.74, 6) is 1.50. The van der Waals surface area contributed by atoms with Gasteiger partial charge in [-0.2, -0.15) is 5.10 Å². The summed E-state index contributed by atoms with van der Waals surface area (Å²) in [7, 11) is 5.17. The highest BCUT2D eigenvalue weighted by molar-refractivity contribution is 5.71. The van der Waals surface area contributed by atoms with Crippen LogP contribution in [0.2, 0.25) is 0 Å². The van der Waals surface area contributed by atoms with Crippen molar-refractivity contribution in [1.29, 1.82) is 0 Å². The molecule has 1 heterocycles. The molecule has 0 spiro atoms. The molecule has 5 nitrogen and oxygen atoms in total. The average Bonchev–Trinajstić information content (AvgIpc) is 2.72. The van der Waals surface area contributed by atoms with E-state index in [9.17, 15) is 0 Å². The van der Waals surface area contributed by atoms with Crippen LogP contribution in [-0.4, -0.2) is 24.0 Å². The standard InChI is InChI=1S/C14H19N3O2/c1-9-12(8-15)17(2)16-14(9)11-6-5-10(18-3)7-13(11)19-4/h5-7H,8,15H2,1-4H3. The van der Waals surface area contributed by atoms with Crippen LogP contribution >= 0.6 is 0 Å². The monoisotopic (exact) mass is 261 g/mol. The van der Waals surface area contributed by atoms with Crippen molar-refractivity contribution in [3.05, 3.63) is 29.5 Å². The number of methoxy groups -OCH3 is 2. The van der Waals surface area contributed by atoms with Crippen molar-refractivity contribution >= 4 is 0 Å². The topological polar surface area (TPSA) is 62.3 Å². The fourth-order valence-corrected chi connectivity index (χ4v) is 2.20. The van der Waals surface area contributed by atoms with E-state index < -0.39 is 0 Å². The minimum atomic E-state index is 0.466. The van der Waals surface area contributed by atoms with Crippen LogP contribution in [0, 0.1) is 6.92 Å². The minimum Gasteiger partial charge on any atom is -0.497 e. The maximum atomic E-state index is 5.75. The van der Waals surface area contributed by atoms with E-state index in [-0.39, 0.29) is 0 Å². The SMILES string of the molecule is COc1ccc(-c2nn(C)c(CN)c2C)c(OC)c1. The first-order valence-electron chi connectivity index (χ1n) is 6.07. The van der Waals surface area contributed by atoms with Crippen LogP contribution < -0.4 is 15.2 Å². The van der Waals surface area contributed by atoms with Gasteiger partial charge in [-0.3, -0.25) is 4.68 Å². The van der Waals surface area contributed by atoms with E-state index in [1.165, 1.54) is 0 Å². The smallest absolute Gasteiger partial charge is 0.132 e. The Hall–Kier alpha value is -2.01. The van der Waals surface area contributed by atoms with Crippen LogP contribution in [0.1, 0.15) is 11.3 Å². The van der Waals surface area contributed by atoms with Gasteiger partial charge in [0.1, 0.15) is 11.5 Å². The van der Waals surface area contributed by atoms with E-state index in [0.717, 1.165) is 34.0 Å². The number of hydrogen-bond acceptors (Lipinski definition) is 4. The molecule has 2 N–H and O–H groups in total. The van der Waals surface area contributed by atoms with Gasteiger partial charge in [-0.15, -0.1) is 0 Å². The summed E-state index contributed by atoms with van der Waals surface area (Å²) < 4.78 is 12.4. The number of aryl methyl sites for hydroxylation is 1. The lowest BCUT2D eigenvalue weighted by atomic mass is 10.1. The molecule has 0 atom stereocenters. The molecule has 0 aliphatic carbocycles. The Bertz CT molecular complexity index is 591. The lowest BCUT2D eigenvalue weighted by Crippen LogP contribution is -2.05. The molecule has 0 radical (unpaired) electrons. The Balaban J connectivity index is 2.58. The summed E-state index contributed by atoms with van der Waals surface area (Å²) in [6, 6.07) is 5.70. The van der Waals surface area contributed by atoms with Crippen molar-refractivity contribution in [1.82, 2.24) is 9.78 Å². The molecule has 19 heavy (non-hydrogen) atoms. The fraction of sp³-hybridized carbons (Fsp3) is 0.357. The first kappa shape index (κ1) is 13.4. The predicted octanol–water partition coefficient (Wildman–Crippen LogP) is 1.87. The molecule has 0 fully saturated rings. The van der Waals surface area contributed by atoms with Crippen LogP contribution in [0.15, 0.2) is 18.2 Å². The number of aromatic nitrogens is 2. The van der Waals surface area contributed by atoms with Crippen LogP contribution in [-0.2, 0) is 13.6 Å². The largest absolute Gasteiger partial charge is 0.497 e. The second-order valence-corrected chi connectivity index (χ2v) is 4.31. The first-order chi connectivity index (χ1) is 9.12. The van der Waals surface area contributed by atoms with E-state index in [0.29, 0.717) is 6.54 Å². The highest BCUT2D eigenvalue weighted by Crippen LogP contribution is 2.34. The van der Waals surface area contributed by atoms with Gasteiger partial charge in [-0.1, -0.05) is 0 Å². The molecule has 1 aromatic heterocycles.